The first-order chi connectivity index (χ1) is 10.6. The van der Waals surface area contributed by atoms with E-state index in [1.165, 1.54) is 0 Å². The quantitative estimate of drug-likeness (QED) is 0.734. The molecule has 22 heavy (non-hydrogen) atoms. The van der Waals surface area contributed by atoms with Crippen LogP contribution in [0.25, 0.3) is 0 Å². The van der Waals surface area contributed by atoms with Crippen LogP contribution in [0.1, 0.15) is 36.2 Å². The SMILES string of the molecule is O=C(O)C(CC(O)c1ccccc1)CC(O)c1ccccc1. The number of benzene rings is 2. The van der Waals surface area contributed by atoms with E-state index in [1.807, 2.05) is 12.1 Å². The first kappa shape index (κ1) is 16.2. The molecular weight excluding hydrogens is 280 g/mol. The van der Waals surface area contributed by atoms with Gasteiger partial charge in [-0.2, -0.15) is 0 Å². The van der Waals surface area contributed by atoms with E-state index in [4.69, 9.17) is 0 Å². The second-order valence-corrected chi connectivity index (χ2v) is 5.36. The van der Waals surface area contributed by atoms with Crippen molar-refractivity contribution >= 4 is 5.97 Å². The Morgan fingerprint density at radius 2 is 1.14 bits per heavy atom. The molecule has 0 spiro atoms. The van der Waals surface area contributed by atoms with Crippen LogP contribution < -0.4 is 0 Å². The number of carbonyl (C=O) groups is 1. The Hall–Kier alpha value is -2.17. The monoisotopic (exact) mass is 300 g/mol. The largest absolute Gasteiger partial charge is 0.481 e. The Labute approximate surface area is 129 Å². The molecular formula is C18H20O4. The van der Waals surface area contributed by atoms with E-state index in [1.54, 1.807) is 48.5 Å². The summed E-state index contributed by atoms with van der Waals surface area (Å²) in [6, 6.07) is 17.9. The lowest BCUT2D eigenvalue weighted by Gasteiger charge is -2.20. The molecule has 0 amide bonds. The Morgan fingerprint density at radius 1 is 0.773 bits per heavy atom. The van der Waals surface area contributed by atoms with Crippen molar-refractivity contribution in [2.45, 2.75) is 25.0 Å². The van der Waals surface area contributed by atoms with Crippen molar-refractivity contribution in [3.05, 3.63) is 71.8 Å². The molecule has 2 unspecified atom stereocenters. The van der Waals surface area contributed by atoms with Crippen molar-refractivity contribution in [2.24, 2.45) is 5.92 Å². The molecule has 4 heteroatoms. The first-order valence-electron chi connectivity index (χ1n) is 7.26. The van der Waals surface area contributed by atoms with Crippen LogP contribution in [-0.2, 0) is 4.79 Å². The normalized spacial score (nSPS) is 15.0. The minimum absolute atomic E-state index is 0.0727. The average molecular weight is 300 g/mol. The molecule has 0 heterocycles. The Bertz CT molecular complexity index is 535. The fourth-order valence-corrected chi connectivity index (χ4v) is 2.46. The molecule has 0 fully saturated rings. The lowest BCUT2D eigenvalue weighted by molar-refractivity contribution is -0.144. The second kappa shape index (κ2) is 7.73. The summed E-state index contributed by atoms with van der Waals surface area (Å²) in [5, 5.41) is 29.7. The van der Waals surface area contributed by atoms with E-state index in [2.05, 4.69) is 0 Å². The number of carboxylic acids is 1. The van der Waals surface area contributed by atoms with Gasteiger partial charge in [0.25, 0.3) is 0 Å². The van der Waals surface area contributed by atoms with E-state index in [9.17, 15) is 20.1 Å². The first-order valence-corrected chi connectivity index (χ1v) is 7.26. The van der Waals surface area contributed by atoms with Gasteiger partial charge in [-0.1, -0.05) is 60.7 Å². The fraction of sp³-hybridized carbons (Fsp3) is 0.278. The van der Waals surface area contributed by atoms with E-state index < -0.39 is 24.1 Å². The maximum absolute atomic E-state index is 11.4. The highest BCUT2D eigenvalue weighted by Gasteiger charge is 2.25. The van der Waals surface area contributed by atoms with Gasteiger partial charge in [-0.3, -0.25) is 4.79 Å². The predicted octanol–water partition coefficient (Wildman–Crippen LogP) is 2.93. The molecule has 2 atom stereocenters. The van der Waals surface area contributed by atoms with Crippen molar-refractivity contribution in [2.75, 3.05) is 0 Å². The highest BCUT2D eigenvalue weighted by atomic mass is 16.4. The maximum atomic E-state index is 11.4. The van der Waals surface area contributed by atoms with Gasteiger partial charge in [0.15, 0.2) is 0 Å². The van der Waals surface area contributed by atoms with Crippen LogP contribution in [0.2, 0.25) is 0 Å². The Morgan fingerprint density at radius 3 is 1.45 bits per heavy atom. The average Bonchev–Trinajstić information content (AvgIpc) is 2.55. The third kappa shape index (κ3) is 4.41. The van der Waals surface area contributed by atoms with Gasteiger partial charge in [0.1, 0.15) is 0 Å². The molecule has 0 saturated carbocycles. The van der Waals surface area contributed by atoms with Crippen molar-refractivity contribution in [1.82, 2.24) is 0 Å². The van der Waals surface area contributed by atoms with Gasteiger partial charge < -0.3 is 15.3 Å². The standard InChI is InChI=1S/C18H20O4/c19-16(13-7-3-1-4-8-13)11-15(18(21)22)12-17(20)14-9-5-2-6-10-14/h1-10,15-17,19-20H,11-12H2,(H,21,22). The van der Waals surface area contributed by atoms with Crippen LogP contribution in [0.4, 0.5) is 0 Å². The summed E-state index contributed by atoms with van der Waals surface area (Å²) in [7, 11) is 0. The van der Waals surface area contributed by atoms with Crippen LogP contribution in [0.15, 0.2) is 60.7 Å². The van der Waals surface area contributed by atoms with E-state index in [0.29, 0.717) is 11.1 Å². The molecule has 4 nitrogen and oxygen atoms in total. The molecule has 0 aliphatic heterocycles. The second-order valence-electron chi connectivity index (χ2n) is 5.36. The molecule has 2 aromatic carbocycles. The zero-order valence-corrected chi connectivity index (χ0v) is 12.2. The molecule has 0 aromatic heterocycles. The predicted molar refractivity (Wildman–Crippen MR) is 83.2 cm³/mol. The summed E-state index contributed by atoms with van der Waals surface area (Å²) in [5.74, 6) is -1.82. The summed E-state index contributed by atoms with van der Waals surface area (Å²) >= 11 is 0. The summed E-state index contributed by atoms with van der Waals surface area (Å²) in [5.41, 5.74) is 1.37. The van der Waals surface area contributed by atoms with Crippen LogP contribution in [0, 0.1) is 5.92 Å². The van der Waals surface area contributed by atoms with E-state index >= 15 is 0 Å². The summed E-state index contributed by atoms with van der Waals surface area (Å²) in [6.45, 7) is 0. The number of carboxylic acid groups (broad SMARTS) is 1. The Balaban J connectivity index is 2.03. The van der Waals surface area contributed by atoms with Crippen LogP contribution in [-0.4, -0.2) is 21.3 Å². The zero-order valence-electron chi connectivity index (χ0n) is 12.2. The topological polar surface area (TPSA) is 77.8 Å². The van der Waals surface area contributed by atoms with Gasteiger partial charge in [0, 0.05) is 0 Å². The van der Waals surface area contributed by atoms with Gasteiger partial charge in [-0.15, -0.1) is 0 Å². The maximum Gasteiger partial charge on any atom is 0.306 e. The molecule has 0 saturated heterocycles. The van der Waals surface area contributed by atoms with E-state index in [-0.39, 0.29) is 12.8 Å². The lowest BCUT2D eigenvalue weighted by atomic mass is 9.90. The van der Waals surface area contributed by atoms with Gasteiger partial charge in [0.05, 0.1) is 18.1 Å². The minimum atomic E-state index is -1.01. The van der Waals surface area contributed by atoms with Crippen molar-refractivity contribution in [1.29, 1.82) is 0 Å². The van der Waals surface area contributed by atoms with E-state index in [0.717, 1.165) is 0 Å². The third-order valence-electron chi connectivity index (χ3n) is 3.73. The highest BCUT2D eigenvalue weighted by molar-refractivity contribution is 5.70. The molecule has 0 aliphatic rings. The molecule has 0 aliphatic carbocycles. The van der Waals surface area contributed by atoms with Gasteiger partial charge in [0.2, 0.25) is 0 Å². The molecule has 2 rings (SSSR count). The molecule has 0 radical (unpaired) electrons. The van der Waals surface area contributed by atoms with Gasteiger partial charge in [-0.25, -0.2) is 0 Å². The fourth-order valence-electron chi connectivity index (χ4n) is 2.46. The highest BCUT2D eigenvalue weighted by Crippen LogP contribution is 2.28. The number of rotatable bonds is 7. The zero-order chi connectivity index (χ0) is 15.9. The number of aliphatic hydroxyl groups is 2. The number of aliphatic hydroxyl groups excluding tert-OH is 2. The lowest BCUT2D eigenvalue weighted by Crippen LogP contribution is -2.20. The third-order valence-corrected chi connectivity index (χ3v) is 3.73. The molecule has 0 bridgehead atoms. The van der Waals surface area contributed by atoms with Crippen molar-refractivity contribution < 1.29 is 20.1 Å². The van der Waals surface area contributed by atoms with Crippen molar-refractivity contribution in [3.63, 3.8) is 0 Å². The summed E-state index contributed by atoms with van der Waals surface area (Å²) in [4.78, 5) is 11.4. The van der Waals surface area contributed by atoms with Crippen molar-refractivity contribution in [3.8, 4) is 0 Å². The van der Waals surface area contributed by atoms with Gasteiger partial charge >= 0.3 is 5.97 Å². The number of hydrogen-bond donors (Lipinski definition) is 3. The van der Waals surface area contributed by atoms with Crippen LogP contribution in [0.3, 0.4) is 0 Å². The minimum Gasteiger partial charge on any atom is -0.481 e. The Kier molecular flexibility index (Phi) is 5.69. The molecule has 3 N–H and O–H groups in total. The number of aliphatic carboxylic acids is 1. The molecule has 2 aromatic rings. The van der Waals surface area contributed by atoms with Gasteiger partial charge in [-0.05, 0) is 24.0 Å². The summed E-state index contributed by atoms with van der Waals surface area (Å²) in [6.07, 6.45) is -1.57. The van der Waals surface area contributed by atoms with Crippen LogP contribution in [0.5, 0.6) is 0 Å². The number of hydrogen-bond acceptors (Lipinski definition) is 3. The molecule has 116 valence electrons. The summed E-state index contributed by atoms with van der Waals surface area (Å²) < 4.78 is 0. The smallest absolute Gasteiger partial charge is 0.306 e. The van der Waals surface area contributed by atoms with Crippen LogP contribution >= 0.6 is 0 Å².